The van der Waals surface area contributed by atoms with E-state index in [0.29, 0.717) is 17.2 Å². The van der Waals surface area contributed by atoms with E-state index in [2.05, 4.69) is 20.4 Å². The number of benzene rings is 1. The van der Waals surface area contributed by atoms with Crippen LogP contribution in [0.2, 0.25) is 0 Å². The average Bonchev–Trinajstić information content (AvgIpc) is 3.44. The Labute approximate surface area is 256 Å². The number of aromatic nitrogens is 4. The van der Waals surface area contributed by atoms with Gasteiger partial charge in [-0.15, -0.1) is 0 Å². The highest BCUT2D eigenvalue weighted by Gasteiger charge is 2.32. The molecule has 1 saturated heterocycles. The Bertz CT molecular complexity index is 1480. The lowest BCUT2D eigenvalue weighted by molar-refractivity contribution is -0.155. The SMILES string of the molecule is CCOC(=O)N1CCN(C(=O)[C@H](CCC(=O)OC(C)(C)C)NC(=O)c2cc(-n3ccc(C)n3)nc(-c3ccccc3)n2)CC1. The molecule has 0 aliphatic carbocycles. The van der Waals surface area contributed by atoms with E-state index >= 15 is 0 Å². The van der Waals surface area contributed by atoms with Gasteiger partial charge in [-0.05, 0) is 47.1 Å². The van der Waals surface area contributed by atoms with Gasteiger partial charge in [-0.3, -0.25) is 14.4 Å². The van der Waals surface area contributed by atoms with Crippen LogP contribution >= 0.6 is 0 Å². The van der Waals surface area contributed by atoms with Crippen LogP contribution in [0.5, 0.6) is 0 Å². The van der Waals surface area contributed by atoms with E-state index in [1.807, 2.05) is 43.3 Å². The van der Waals surface area contributed by atoms with Gasteiger partial charge in [0.25, 0.3) is 5.91 Å². The zero-order valence-electron chi connectivity index (χ0n) is 25.8. The van der Waals surface area contributed by atoms with Crippen LogP contribution in [-0.4, -0.2) is 97.9 Å². The molecule has 1 aliphatic heterocycles. The van der Waals surface area contributed by atoms with Crippen molar-refractivity contribution in [3.05, 3.63) is 60.0 Å². The molecule has 4 rings (SSSR count). The van der Waals surface area contributed by atoms with E-state index in [0.717, 1.165) is 5.69 Å². The lowest BCUT2D eigenvalue weighted by Crippen LogP contribution is -2.56. The van der Waals surface area contributed by atoms with Crippen LogP contribution < -0.4 is 5.32 Å². The molecule has 0 radical (unpaired) electrons. The summed E-state index contributed by atoms with van der Waals surface area (Å²) in [5.74, 6) is -0.772. The predicted molar refractivity (Wildman–Crippen MR) is 161 cm³/mol. The number of carbonyl (C=O) groups excluding carboxylic acids is 4. The Morgan fingerprint density at radius 1 is 0.977 bits per heavy atom. The number of hydrogen-bond donors (Lipinski definition) is 1. The molecule has 3 heterocycles. The Balaban J connectivity index is 1.58. The quantitative estimate of drug-likeness (QED) is 0.363. The first-order chi connectivity index (χ1) is 20.9. The highest BCUT2D eigenvalue weighted by atomic mass is 16.6. The van der Waals surface area contributed by atoms with Gasteiger partial charge < -0.3 is 24.6 Å². The maximum Gasteiger partial charge on any atom is 0.409 e. The molecular weight excluding hydrogens is 566 g/mol. The Morgan fingerprint density at radius 3 is 2.27 bits per heavy atom. The molecule has 0 saturated carbocycles. The molecule has 1 aromatic carbocycles. The van der Waals surface area contributed by atoms with Crippen molar-refractivity contribution in [2.75, 3.05) is 32.8 Å². The minimum absolute atomic E-state index is 0.0133. The van der Waals surface area contributed by atoms with E-state index in [9.17, 15) is 19.2 Å². The molecule has 0 bridgehead atoms. The fraction of sp³-hybridized carbons (Fsp3) is 0.452. The monoisotopic (exact) mass is 605 g/mol. The van der Waals surface area contributed by atoms with Crippen LogP contribution in [0.1, 0.15) is 56.7 Å². The maximum atomic E-state index is 13.7. The summed E-state index contributed by atoms with van der Waals surface area (Å²) in [6, 6.07) is 11.5. The first-order valence-electron chi connectivity index (χ1n) is 14.6. The minimum atomic E-state index is -1.05. The highest BCUT2D eigenvalue weighted by Crippen LogP contribution is 2.19. The molecule has 3 aromatic rings. The molecular formula is C31H39N7O6. The molecule has 13 heteroatoms. The van der Waals surface area contributed by atoms with Gasteiger partial charge in [-0.1, -0.05) is 30.3 Å². The van der Waals surface area contributed by atoms with E-state index < -0.39 is 29.6 Å². The van der Waals surface area contributed by atoms with Gasteiger partial charge in [-0.2, -0.15) is 5.10 Å². The third-order valence-electron chi connectivity index (χ3n) is 6.71. The van der Waals surface area contributed by atoms with Crippen LogP contribution in [0.15, 0.2) is 48.7 Å². The molecule has 1 atom stereocenters. The van der Waals surface area contributed by atoms with E-state index in [4.69, 9.17) is 9.47 Å². The van der Waals surface area contributed by atoms with Gasteiger partial charge in [0, 0.05) is 50.4 Å². The molecule has 2 aromatic heterocycles. The van der Waals surface area contributed by atoms with Gasteiger partial charge in [0.15, 0.2) is 11.6 Å². The molecule has 0 spiro atoms. The normalized spacial score (nSPS) is 14.1. The Morgan fingerprint density at radius 2 is 1.66 bits per heavy atom. The third-order valence-corrected chi connectivity index (χ3v) is 6.71. The number of aryl methyl sites for hydroxylation is 1. The number of piperazine rings is 1. The summed E-state index contributed by atoms with van der Waals surface area (Å²) in [7, 11) is 0. The topological polar surface area (TPSA) is 149 Å². The van der Waals surface area contributed by atoms with Crippen molar-refractivity contribution >= 4 is 23.9 Å². The standard InChI is InChI=1S/C31H39N7O6/c1-6-43-30(42)37-18-16-36(17-19-37)29(41)23(12-13-26(39)44-31(3,4)5)33-28(40)24-20-25(38-15-14-21(2)35-38)34-27(32-24)22-10-8-7-9-11-22/h7-11,14-15,20,23H,6,12-13,16-19H2,1-5H3,(H,33,40)/t23-/m0/s1. The zero-order valence-corrected chi connectivity index (χ0v) is 25.8. The van der Waals surface area contributed by atoms with Gasteiger partial charge >= 0.3 is 12.1 Å². The molecule has 44 heavy (non-hydrogen) atoms. The third kappa shape index (κ3) is 8.62. The Kier molecular flexibility index (Phi) is 10.3. The number of ether oxygens (including phenoxy) is 2. The summed E-state index contributed by atoms with van der Waals surface area (Å²) in [6.07, 6.45) is 1.22. The second kappa shape index (κ2) is 14.1. The molecule has 1 N–H and O–H groups in total. The van der Waals surface area contributed by atoms with E-state index in [1.165, 1.54) is 11.0 Å². The fourth-order valence-electron chi connectivity index (χ4n) is 4.62. The van der Waals surface area contributed by atoms with Crippen LogP contribution in [0, 0.1) is 6.92 Å². The molecule has 0 unspecified atom stereocenters. The van der Waals surface area contributed by atoms with Crippen molar-refractivity contribution < 1.29 is 28.7 Å². The van der Waals surface area contributed by atoms with Crippen LogP contribution in [0.25, 0.3) is 17.2 Å². The summed E-state index contributed by atoms with van der Waals surface area (Å²) in [5, 5.41) is 7.22. The summed E-state index contributed by atoms with van der Waals surface area (Å²) >= 11 is 0. The first kappa shape index (κ1) is 32.1. The summed E-state index contributed by atoms with van der Waals surface area (Å²) < 4.78 is 12.1. The van der Waals surface area contributed by atoms with Gasteiger partial charge in [0.05, 0.1) is 12.3 Å². The average molecular weight is 606 g/mol. The van der Waals surface area contributed by atoms with Gasteiger partial charge in [0.1, 0.15) is 17.3 Å². The highest BCUT2D eigenvalue weighted by molar-refractivity contribution is 5.97. The number of amides is 3. The number of rotatable bonds is 9. The van der Waals surface area contributed by atoms with Crippen molar-refractivity contribution in [3.63, 3.8) is 0 Å². The fourth-order valence-corrected chi connectivity index (χ4v) is 4.62. The number of nitrogens with one attached hydrogen (secondary N) is 1. The number of carbonyl (C=O) groups is 4. The molecule has 13 nitrogen and oxygen atoms in total. The molecule has 1 aliphatic rings. The summed E-state index contributed by atoms with van der Waals surface area (Å²) in [5.41, 5.74) is 0.805. The summed E-state index contributed by atoms with van der Waals surface area (Å²) in [6.45, 7) is 10.2. The number of esters is 1. The van der Waals surface area contributed by atoms with Crippen molar-refractivity contribution in [1.82, 2.24) is 34.9 Å². The summed E-state index contributed by atoms with van der Waals surface area (Å²) in [4.78, 5) is 64.4. The van der Waals surface area contributed by atoms with Gasteiger partial charge in [-0.25, -0.2) is 19.4 Å². The van der Waals surface area contributed by atoms with E-state index in [-0.39, 0.29) is 57.2 Å². The maximum absolute atomic E-state index is 13.7. The lowest BCUT2D eigenvalue weighted by Gasteiger charge is -2.36. The van der Waals surface area contributed by atoms with Crippen LogP contribution in [0.4, 0.5) is 4.79 Å². The zero-order chi connectivity index (χ0) is 31.9. The van der Waals surface area contributed by atoms with Gasteiger partial charge in [0.2, 0.25) is 5.91 Å². The first-order valence-corrected chi connectivity index (χ1v) is 14.6. The van der Waals surface area contributed by atoms with Crippen LogP contribution in [0.3, 0.4) is 0 Å². The van der Waals surface area contributed by atoms with Crippen molar-refractivity contribution in [3.8, 4) is 17.2 Å². The smallest absolute Gasteiger partial charge is 0.409 e. The minimum Gasteiger partial charge on any atom is -0.460 e. The van der Waals surface area contributed by atoms with Crippen molar-refractivity contribution in [2.45, 2.75) is 59.1 Å². The predicted octanol–water partition coefficient (Wildman–Crippen LogP) is 3.16. The number of hydrogen-bond acceptors (Lipinski definition) is 9. The molecule has 3 amide bonds. The van der Waals surface area contributed by atoms with Crippen LogP contribution in [-0.2, 0) is 19.1 Å². The molecule has 234 valence electrons. The van der Waals surface area contributed by atoms with Crippen molar-refractivity contribution in [2.24, 2.45) is 0 Å². The second-order valence-corrected chi connectivity index (χ2v) is 11.4. The van der Waals surface area contributed by atoms with E-state index in [1.54, 1.807) is 43.5 Å². The van der Waals surface area contributed by atoms with Crippen molar-refractivity contribution in [1.29, 1.82) is 0 Å². The number of nitrogens with zero attached hydrogens (tertiary/aromatic N) is 6. The Hall–Kier alpha value is -4.81. The second-order valence-electron chi connectivity index (χ2n) is 11.4. The lowest BCUT2D eigenvalue weighted by atomic mass is 10.1. The molecule has 1 fully saturated rings. The largest absolute Gasteiger partial charge is 0.460 e.